The standard InChI is InChI=1S/C23H31N5O2.HI/c1-17(19-7-6-8-21(15-19)28-13-4-5-14-28)26-22(24-2)25-16-18-9-11-20(12-10-18)27-23(29)30-3;/h6-12,15,17H,4-5,13-14,16H2,1-3H3,(H,27,29)(H2,24,25,26);1H. The van der Waals surface area contributed by atoms with Gasteiger partial charge < -0.3 is 20.3 Å². The van der Waals surface area contributed by atoms with Crippen LogP contribution in [-0.2, 0) is 11.3 Å². The van der Waals surface area contributed by atoms with E-state index in [1.165, 1.54) is 31.2 Å². The van der Waals surface area contributed by atoms with E-state index in [2.05, 4.69) is 61.8 Å². The Morgan fingerprint density at radius 2 is 1.87 bits per heavy atom. The third kappa shape index (κ3) is 7.30. The first-order valence-electron chi connectivity index (χ1n) is 10.3. The van der Waals surface area contributed by atoms with Crippen molar-refractivity contribution in [3.05, 3.63) is 59.7 Å². The lowest BCUT2D eigenvalue weighted by Crippen LogP contribution is -2.38. The molecule has 3 rings (SSSR count). The zero-order chi connectivity index (χ0) is 21.3. The fraction of sp³-hybridized carbons (Fsp3) is 0.391. The summed E-state index contributed by atoms with van der Waals surface area (Å²) in [6, 6.07) is 16.5. The van der Waals surface area contributed by atoms with Crippen molar-refractivity contribution >= 4 is 47.4 Å². The fourth-order valence-corrected chi connectivity index (χ4v) is 3.51. The first-order chi connectivity index (χ1) is 14.6. The van der Waals surface area contributed by atoms with Gasteiger partial charge in [0.05, 0.1) is 13.2 Å². The van der Waals surface area contributed by atoms with Crippen LogP contribution >= 0.6 is 24.0 Å². The van der Waals surface area contributed by atoms with Crippen LogP contribution in [0, 0.1) is 0 Å². The Balaban J connectivity index is 0.00000341. The van der Waals surface area contributed by atoms with E-state index in [-0.39, 0.29) is 30.0 Å². The van der Waals surface area contributed by atoms with Crippen LogP contribution in [0.15, 0.2) is 53.5 Å². The molecular formula is C23H32IN5O2. The molecule has 1 fully saturated rings. The molecule has 1 heterocycles. The van der Waals surface area contributed by atoms with E-state index in [1.807, 2.05) is 24.3 Å². The highest BCUT2D eigenvalue weighted by atomic mass is 127. The van der Waals surface area contributed by atoms with Gasteiger partial charge in [-0.05, 0) is 55.2 Å². The van der Waals surface area contributed by atoms with Gasteiger partial charge in [0.2, 0.25) is 0 Å². The number of methoxy groups -OCH3 is 1. The average Bonchev–Trinajstić information content (AvgIpc) is 3.32. The molecule has 0 radical (unpaired) electrons. The lowest BCUT2D eigenvalue weighted by Gasteiger charge is -2.22. The lowest BCUT2D eigenvalue weighted by atomic mass is 10.1. The van der Waals surface area contributed by atoms with Crippen molar-refractivity contribution in [1.29, 1.82) is 0 Å². The number of amides is 1. The molecule has 2 aromatic rings. The number of aliphatic imine (C=N–C) groups is 1. The molecule has 8 heteroatoms. The molecule has 1 amide bonds. The topological polar surface area (TPSA) is 78.0 Å². The maximum Gasteiger partial charge on any atom is 0.411 e. The number of benzene rings is 2. The number of nitrogens with one attached hydrogen (secondary N) is 3. The van der Waals surface area contributed by atoms with E-state index in [0.29, 0.717) is 12.2 Å². The van der Waals surface area contributed by atoms with Gasteiger partial charge in [0, 0.05) is 38.1 Å². The molecule has 1 atom stereocenters. The molecule has 31 heavy (non-hydrogen) atoms. The molecule has 0 aromatic heterocycles. The Morgan fingerprint density at radius 3 is 2.52 bits per heavy atom. The second-order valence-electron chi connectivity index (χ2n) is 7.39. The summed E-state index contributed by atoms with van der Waals surface area (Å²) in [6.07, 6.45) is 2.07. The summed E-state index contributed by atoms with van der Waals surface area (Å²) < 4.78 is 4.60. The largest absolute Gasteiger partial charge is 0.453 e. The number of anilines is 2. The molecule has 3 N–H and O–H groups in total. The smallest absolute Gasteiger partial charge is 0.411 e. The summed E-state index contributed by atoms with van der Waals surface area (Å²) in [4.78, 5) is 18.1. The molecule has 1 aliphatic heterocycles. The van der Waals surface area contributed by atoms with Gasteiger partial charge in [-0.15, -0.1) is 24.0 Å². The normalized spacial score (nSPS) is 14.4. The number of hydrogen-bond acceptors (Lipinski definition) is 4. The predicted molar refractivity (Wildman–Crippen MR) is 138 cm³/mol. The first kappa shape index (κ1) is 24.8. The molecule has 7 nitrogen and oxygen atoms in total. The number of ether oxygens (including phenoxy) is 1. The Labute approximate surface area is 201 Å². The minimum Gasteiger partial charge on any atom is -0.453 e. The Morgan fingerprint density at radius 1 is 1.16 bits per heavy atom. The van der Waals surface area contributed by atoms with Gasteiger partial charge >= 0.3 is 6.09 Å². The van der Waals surface area contributed by atoms with E-state index in [0.717, 1.165) is 24.6 Å². The van der Waals surface area contributed by atoms with Gasteiger partial charge in [-0.1, -0.05) is 24.3 Å². The van der Waals surface area contributed by atoms with E-state index < -0.39 is 6.09 Å². The highest BCUT2D eigenvalue weighted by Crippen LogP contribution is 2.24. The second kappa shape index (κ2) is 12.4. The summed E-state index contributed by atoms with van der Waals surface area (Å²) in [5.74, 6) is 0.742. The number of carbonyl (C=O) groups is 1. The molecular weight excluding hydrogens is 505 g/mol. The molecule has 168 valence electrons. The van der Waals surface area contributed by atoms with Gasteiger partial charge in [0.1, 0.15) is 0 Å². The van der Waals surface area contributed by atoms with Crippen molar-refractivity contribution in [2.45, 2.75) is 32.4 Å². The highest BCUT2D eigenvalue weighted by molar-refractivity contribution is 14.0. The molecule has 0 saturated carbocycles. The quantitative estimate of drug-likeness (QED) is 0.287. The Kier molecular flexibility index (Phi) is 9.90. The molecule has 0 bridgehead atoms. The van der Waals surface area contributed by atoms with Crippen molar-refractivity contribution in [3.8, 4) is 0 Å². The average molecular weight is 537 g/mol. The molecule has 1 saturated heterocycles. The fourth-order valence-electron chi connectivity index (χ4n) is 3.51. The zero-order valence-electron chi connectivity index (χ0n) is 18.4. The molecule has 0 spiro atoms. The maximum atomic E-state index is 11.3. The summed E-state index contributed by atoms with van der Waals surface area (Å²) in [5, 5.41) is 9.45. The summed E-state index contributed by atoms with van der Waals surface area (Å²) in [5.41, 5.74) is 4.31. The summed E-state index contributed by atoms with van der Waals surface area (Å²) in [6.45, 7) is 5.05. The van der Waals surface area contributed by atoms with Gasteiger partial charge in [0.25, 0.3) is 0 Å². The monoisotopic (exact) mass is 537 g/mol. The molecule has 2 aromatic carbocycles. The number of hydrogen-bond donors (Lipinski definition) is 3. The highest BCUT2D eigenvalue weighted by Gasteiger charge is 2.14. The van der Waals surface area contributed by atoms with Gasteiger partial charge in [0.15, 0.2) is 5.96 Å². The van der Waals surface area contributed by atoms with E-state index in [9.17, 15) is 4.79 Å². The van der Waals surface area contributed by atoms with Crippen molar-refractivity contribution in [1.82, 2.24) is 10.6 Å². The molecule has 1 unspecified atom stereocenters. The van der Waals surface area contributed by atoms with Crippen LogP contribution in [0.4, 0.5) is 16.2 Å². The third-order valence-corrected chi connectivity index (χ3v) is 5.26. The van der Waals surface area contributed by atoms with Crippen LogP contribution in [0.3, 0.4) is 0 Å². The number of carbonyl (C=O) groups excluding carboxylic acids is 1. The van der Waals surface area contributed by atoms with Crippen LogP contribution < -0.4 is 20.9 Å². The molecule has 0 aliphatic carbocycles. The van der Waals surface area contributed by atoms with E-state index in [1.54, 1.807) is 7.05 Å². The van der Waals surface area contributed by atoms with Crippen molar-refractivity contribution < 1.29 is 9.53 Å². The predicted octanol–water partition coefficient (Wildman–Crippen LogP) is 4.51. The van der Waals surface area contributed by atoms with E-state index in [4.69, 9.17) is 0 Å². The van der Waals surface area contributed by atoms with Crippen molar-refractivity contribution in [2.24, 2.45) is 4.99 Å². The Bertz CT molecular complexity index is 867. The Hall–Kier alpha value is -2.49. The van der Waals surface area contributed by atoms with Gasteiger partial charge in [-0.2, -0.15) is 0 Å². The number of nitrogens with zero attached hydrogens (tertiary/aromatic N) is 2. The number of rotatable bonds is 6. The second-order valence-corrected chi connectivity index (χ2v) is 7.39. The molecule has 1 aliphatic rings. The van der Waals surface area contributed by atoms with Gasteiger partial charge in [-0.3, -0.25) is 10.3 Å². The maximum absolute atomic E-state index is 11.3. The zero-order valence-corrected chi connectivity index (χ0v) is 20.7. The minimum absolute atomic E-state index is 0. The van der Waals surface area contributed by atoms with Crippen molar-refractivity contribution in [2.75, 3.05) is 37.5 Å². The SMILES string of the molecule is CN=C(NCc1ccc(NC(=O)OC)cc1)NC(C)c1cccc(N2CCCC2)c1.I. The van der Waals surface area contributed by atoms with Gasteiger partial charge in [-0.25, -0.2) is 4.79 Å². The van der Waals surface area contributed by atoms with Crippen LogP contribution in [0.5, 0.6) is 0 Å². The summed E-state index contributed by atoms with van der Waals surface area (Å²) in [7, 11) is 3.11. The van der Waals surface area contributed by atoms with Crippen LogP contribution in [0.2, 0.25) is 0 Å². The number of halogens is 1. The minimum atomic E-state index is -0.478. The van der Waals surface area contributed by atoms with Crippen LogP contribution in [0.25, 0.3) is 0 Å². The number of guanidine groups is 1. The van der Waals surface area contributed by atoms with Crippen molar-refractivity contribution in [3.63, 3.8) is 0 Å². The van der Waals surface area contributed by atoms with Crippen LogP contribution in [-0.4, -0.2) is 39.3 Å². The lowest BCUT2D eigenvalue weighted by molar-refractivity contribution is 0.187. The first-order valence-corrected chi connectivity index (χ1v) is 10.3. The van der Waals surface area contributed by atoms with Crippen LogP contribution in [0.1, 0.15) is 36.9 Å². The third-order valence-electron chi connectivity index (χ3n) is 5.26. The van der Waals surface area contributed by atoms with E-state index >= 15 is 0 Å². The summed E-state index contributed by atoms with van der Waals surface area (Å²) >= 11 is 0.